The predicted molar refractivity (Wildman–Crippen MR) is 72.5 cm³/mol. The maximum Gasteiger partial charge on any atom is 0.397 e. The molecule has 1 atom stereocenters. The molecule has 1 unspecified atom stereocenters. The highest BCUT2D eigenvalue weighted by Crippen LogP contribution is 2.21. The van der Waals surface area contributed by atoms with E-state index >= 15 is 0 Å². The lowest BCUT2D eigenvalue weighted by Crippen LogP contribution is -2.21. The molecule has 0 spiro atoms. The van der Waals surface area contributed by atoms with Crippen molar-refractivity contribution in [1.82, 2.24) is 5.32 Å². The van der Waals surface area contributed by atoms with E-state index in [1.165, 1.54) is 0 Å². The second kappa shape index (κ2) is 7.28. The maximum absolute atomic E-state index is 12.0. The van der Waals surface area contributed by atoms with Gasteiger partial charge in [0, 0.05) is 11.7 Å². The molecular weight excluding hydrogens is 269 g/mol. The molecule has 1 aromatic carbocycles. The molecule has 0 aliphatic carbocycles. The van der Waals surface area contributed by atoms with Crippen LogP contribution in [0, 0.1) is 0 Å². The van der Waals surface area contributed by atoms with Crippen molar-refractivity contribution in [3.63, 3.8) is 0 Å². The van der Waals surface area contributed by atoms with Crippen LogP contribution in [-0.4, -0.2) is 18.6 Å². The molecule has 2 N–H and O–H groups in total. The zero-order valence-corrected chi connectivity index (χ0v) is 11.6. The van der Waals surface area contributed by atoms with Gasteiger partial charge in [0.25, 0.3) is 0 Å². The highest BCUT2D eigenvalue weighted by atomic mass is 19.4. The van der Waals surface area contributed by atoms with E-state index in [2.05, 4.69) is 17.6 Å². The summed E-state index contributed by atoms with van der Waals surface area (Å²) in [5, 5.41) is 5.53. The molecule has 1 aromatic rings. The first-order chi connectivity index (χ1) is 9.31. The number of alkyl halides is 3. The van der Waals surface area contributed by atoms with Crippen LogP contribution in [0.25, 0.3) is 0 Å². The second-order valence-corrected chi connectivity index (χ2v) is 4.64. The third kappa shape index (κ3) is 6.06. The van der Waals surface area contributed by atoms with Crippen molar-refractivity contribution in [1.29, 1.82) is 0 Å². The van der Waals surface area contributed by atoms with Crippen LogP contribution in [0.2, 0.25) is 0 Å². The van der Waals surface area contributed by atoms with Crippen LogP contribution in [-0.2, 0) is 4.79 Å². The van der Waals surface area contributed by atoms with Crippen LogP contribution in [0.15, 0.2) is 24.3 Å². The molecule has 0 aromatic heterocycles. The lowest BCUT2D eigenvalue weighted by molar-refractivity contribution is -0.150. The van der Waals surface area contributed by atoms with Crippen molar-refractivity contribution >= 4 is 11.6 Å². The molecule has 6 heteroatoms. The molecule has 0 heterocycles. The van der Waals surface area contributed by atoms with E-state index in [1.54, 1.807) is 24.3 Å². The standard InChI is InChI=1S/C14H19F3N2O/c1-3-8-18-10(2)11-4-6-12(7-5-11)19-13(20)9-14(15,16)17/h4-7,10,18H,3,8-9H2,1-2H3,(H,19,20). The first-order valence-corrected chi connectivity index (χ1v) is 6.51. The monoisotopic (exact) mass is 288 g/mol. The predicted octanol–water partition coefficient (Wildman–Crippen LogP) is 3.64. The quantitative estimate of drug-likeness (QED) is 0.839. The first kappa shape index (κ1) is 16.5. The molecule has 0 bridgehead atoms. The Morgan fingerprint density at radius 3 is 2.35 bits per heavy atom. The third-order valence-corrected chi connectivity index (χ3v) is 2.76. The summed E-state index contributed by atoms with van der Waals surface area (Å²) in [5.41, 5.74) is 1.39. The molecule has 20 heavy (non-hydrogen) atoms. The minimum Gasteiger partial charge on any atom is -0.326 e. The van der Waals surface area contributed by atoms with Gasteiger partial charge in [0.05, 0.1) is 0 Å². The molecule has 0 radical (unpaired) electrons. The molecular formula is C14H19F3N2O. The van der Waals surface area contributed by atoms with Crippen LogP contribution in [0.1, 0.15) is 38.3 Å². The van der Waals surface area contributed by atoms with Crippen LogP contribution in [0.5, 0.6) is 0 Å². The summed E-state index contributed by atoms with van der Waals surface area (Å²) in [4.78, 5) is 11.1. The molecule has 0 saturated carbocycles. The zero-order chi connectivity index (χ0) is 15.2. The summed E-state index contributed by atoms with van der Waals surface area (Å²) in [5.74, 6) is -1.05. The van der Waals surface area contributed by atoms with E-state index in [1.807, 2.05) is 6.92 Å². The normalized spacial score (nSPS) is 13.1. The molecule has 0 aliphatic rings. The molecule has 0 fully saturated rings. The average molecular weight is 288 g/mol. The highest BCUT2D eigenvalue weighted by molar-refractivity contribution is 5.91. The molecule has 112 valence electrons. The highest BCUT2D eigenvalue weighted by Gasteiger charge is 2.31. The van der Waals surface area contributed by atoms with Gasteiger partial charge in [-0.2, -0.15) is 13.2 Å². The van der Waals surface area contributed by atoms with Crippen molar-refractivity contribution in [2.75, 3.05) is 11.9 Å². The lowest BCUT2D eigenvalue weighted by Gasteiger charge is -2.14. The van der Waals surface area contributed by atoms with Gasteiger partial charge in [-0.05, 0) is 37.6 Å². The second-order valence-electron chi connectivity index (χ2n) is 4.64. The molecule has 0 aliphatic heterocycles. The van der Waals surface area contributed by atoms with Crippen LogP contribution in [0.4, 0.5) is 18.9 Å². The van der Waals surface area contributed by atoms with Gasteiger partial charge >= 0.3 is 6.18 Å². The minimum atomic E-state index is -4.48. The number of halogens is 3. The maximum atomic E-state index is 12.0. The van der Waals surface area contributed by atoms with Crippen molar-refractivity contribution in [3.05, 3.63) is 29.8 Å². The fraction of sp³-hybridized carbons (Fsp3) is 0.500. The van der Waals surface area contributed by atoms with Crippen molar-refractivity contribution < 1.29 is 18.0 Å². The number of anilines is 1. The van der Waals surface area contributed by atoms with Gasteiger partial charge in [-0.15, -0.1) is 0 Å². The largest absolute Gasteiger partial charge is 0.397 e. The summed E-state index contributed by atoms with van der Waals surface area (Å²) in [6.07, 6.45) is -4.93. The molecule has 1 amide bonds. The summed E-state index contributed by atoms with van der Waals surface area (Å²) >= 11 is 0. The van der Waals surface area contributed by atoms with Gasteiger partial charge in [-0.25, -0.2) is 0 Å². The Kier molecular flexibility index (Phi) is 6.01. The van der Waals surface area contributed by atoms with Gasteiger partial charge < -0.3 is 10.6 Å². The topological polar surface area (TPSA) is 41.1 Å². The molecule has 3 nitrogen and oxygen atoms in total. The van der Waals surface area contributed by atoms with Gasteiger partial charge in [0.2, 0.25) is 5.91 Å². The Balaban J connectivity index is 2.56. The number of hydrogen-bond donors (Lipinski definition) is 2. The van der Waals surface area contributed by atoms with Gasteiger partial charge in [-0.3, -0.25) is 4.79 Å². The Morgan fingerprint density at radius 2 is 1.85 bits per heavy atom. The summed E-state index contributed by atoms with van der Waals surface area (Å²) < 4.78 is 36.1. The summed E-state index contributed by atoms with van der Waals surface area (Å²) in [7, 11) is 0. The number of nitrogens with one attached hydrogen (secondary N) is 2. The van der Waals surface area contributed by atoms with Gasteiger partial charge in [-0.1, -0.05) is 19.1 Å². The lowest BCUT2D eigenvalue weighted by atomic mass is 10.1. The number of hydrogen-bond acceptors (Lipinski definition) is 2. The van der Waals surface area contributed by atoms with Crippen LogP contribution < -0.4 is 10.6 Å². The van der Waals surface area contributed by atoms with E-state index in [9.17, 15) is 18.0 Å². The fourth-order valence-corrected chi connectivity index (χ4v) is 1.72. The van der Waals surface area contributed by atoms with Crippen LogP contribution >= 0.6 is 0 Å². The Labute approximate surface area is 116 Å². The Bertz CT molecular complexity index is 429. The van der Waals surface area contributed by atoms with E-state index in [0.717, 1.165) is 18.5 Å². The van der Waals surface area contributed by atoms with Crippen molar-refractivity contribution in [2.45, 2.75) is 38.9 Å². The minimum absolute atomic E-state index is 0.162. The first-order valence-electron chi connectivity index (χ1n) is 6.51. The Hall–Kier alpha value is -1.56. The van der Waals surface area contributed by atoms with Crippen molar-refractivity contribution in [3.8, 4) is 0 Å². The van der Waals surface area contributed by atoms with Crippen molar-refractivity contribution in [2.24, 2.45) is 0 Å². The number of amides is 1. The van der Waals surface area contributed by atoms with Gasteiger partial charge in [0.15, 0.2) is 0 Å². The van der Waals surface area contributed by atoms with E-state index in [-0.39, 0.29) is 6.04 Å². The SMILES string of the molecule is CCCNC(C)c1ccc(NC(=O)CC(F)(F)F)cc1. The van der Waals surface area contributed by atoms with Crippen LogP contribution in [0.3, 0.4) is 0 Å². The average Bonchev–Trinajstić information content (AvgIpc) is 2.34. The van der Waals surface area contributed by atoms with Gasteiger partial charge in [0.1, 0.15) is 6.42 Å². The molecule has 0 saturated heterocycles. The third-order valence-electron chi connectivity index (χ3n) is 2.76. The van der Waals surface area contributed by atoms with E-state index in [0.29, 0.717) is 5.69 Å². The zero-order valence-electron chi connectivity index (χ0n) is 11.6. The fourth-order valence-electron chi connectivity index (χ4n) is 1.72. The number of carbonyl (C=O) groups excluding carboxylic acids is 1. The van der Waals surface area contributed by atoms with E-state index in [4.69, 9.17) is 0 Å². The summed E-state index contributed by atoms with van der Waals surface area (Å²) in [6, 6.07) is 6.95. The number of benzene rings is 1. The number of rotatable bonds is 6. The number of carbonyl (C=O) groups is 1. The Morgan fingerprint density at radius 1 is 1.25 bits per heavy atom. The summed E-state index contributed by atoms with van der Waals surface area (Å²) in [6.45, 7) is 4.97. The molecule has 1 rings (SSSR count). The van der Waals surface area contributed by atoms with E-state index < -0.39 is 18.5 Å². The smallest absolute Gasteiger partial charge is 0.326 e.